The fraction of sp³-hybridized carbons (Fsp3) is 0.0682. The number of rotatable bonds is 5. The highest BCUT2D eigenvalue weighted by atomic mass is 16.4. The van der Waals surface area contributed by atoms with Crippen LogP contribution in [0.15, 0.2) is 148 Å². The van der Waals surface area contributed by atoms with Crippen molar-refractivity contribution in [3.05, 3.63) is 151 Å². The minimum atomic E-state index is -0.238. The van der Waals surface area contributed by atoms with Crippen molar-refractivity contribution < 1.29 is 8.83 Å². The average molecular weight is 660 g/mol. The predicted octanol–water partition coefficient (Wildman–Crippen LogP) is 10.8. The molecule has 6 aromatic carbocycles. The molecule has 51 heavy (non-hydrogen) atoms. The SMILES string of the molecule is CC1(C)c2ccccc2-c2cccc(-c3nc(-c4ccc(-c5nc6ccccc6o5)cc4)nc(-c4ccc(-c5nc6ccccc6o5)cc4)n3)c21. The van der Waals surface area contributed by atoms with Gasteiger partial charge in [-0.2, -0.15) is 0 Å². The molecular formula is C44H29N5O2. The standard InChI is InChI=1S/C44H29N5O2/c1-44(2)33-13-4-3-10-30(33)31-11-9-12-32(38(31)44)41-48-39(26-18-22-28(23-19-26)42-45-34-14-5-7-16-36(34)50-42)47-40(49-41)27-20-24-29(25-21-27)43-46-35-15-6-8-17-37(35)51-43/h3-25H,1-2H3. The molecule has 10 rings (SSSR count). The van der Waals surface area contributed by atoms with E-state index >= 15 is 0 Å². The molecule has 0 aliphatic heterocycles. The summed E-state index contributed by atoms with van der Waals surface area (Å²) in [5, 5.41) is 0. The van der Waals surface area contributed by atoms with Gasteiger partial charge in [0.15, 0.2) is 28.6 Å². The maximum absolute atomic E-state index is 6.04. The second-order valence-corrected chi connectivity index (χ2v) is 13.3. The molecule has 0 saturated heterocycles. The van der Waals surface area contributed by atoms with E-state index in [1.807, 2.05) is 97.1 Å². The molecule has 1 aliphatic rings. The van der Waals surface area contributed by atoms with E-state index in [9.17, 15) is 0 Å². The van der Waals surface area contributed by atoms with E-state index in [4.69, 9.17) is 23.8 Å². The Balaban J connectivity index is 1.10. The van der Waals surface area contributed by atoms with Gasteiger partial charge in [-0.05, 0) is 70.8 Å². The van der Waals surface area contributed by atoms with Crippen LogP contribution in [-0.2, 0) is 5.41 Å². The predicted molar refractivity (Wildman–Crippen MR) is 200 cm³/mol. The number of benzene rings is 6. The van der Waals surface area contributed by atoms with Crippen molar-refractivity contribution >= 4 is 22.2 Å². The van der Waals surface area contributed by atoms with E-state index in [0.717, 1.165) is 50.0 Å². The second-order valence-electron chi connectivity index (χ2n) is 13.3. The molecule has 0 spiro atoms. The van der Waals surface area contributed by atoms with E-state index in [1.54, 1.807) is 0 Å². The molecule has 0 N–H and O–H groups in total. The highest BCUT2D eigenvalue weighted by Crippen LogP contribution is 2.51. The molecule has 0 fully saturated rings. The molecule has 0 radical (unpaired) electrons. The van der Waals surface area contributed by atoms with Gasteiger partial charge in [0.2, 0.25) is 11.8 Å². The summed E-state index contributed by atoms with van der Waals surface area (Å²) in [5.74, 6) is 2.92. The zero-order valence-electron chi connectivity index (χ0n) is 27.8. The Kier molecular flexibility index (Phi) is 6.39. The normalized spacial score (nSPS) is 13.1. The van der Waals surface area contributed by atoms with Crippen LogP contribution in [0.3, 0.4) is 0 Å². The molecule has 3 heterocycles. The van der Waals surface area contributed by atoms with Crippen molar-refractivity contribution in [2.45, 2.75) is 19.3 Å². The highest BCUT2D eigenvalue weighted by Gasteiger charge is 2.38. The van der Waals surface area contributed by atoms with Gasteiger partial charge in [-0.3, -0.25) is 0 Å². The molecule has 1 aliphatic carbocycles. The lowest BCUT2D eigenvalue weighted by atomic mass is 9.80. The first-order valence-corrected chi connectivity index (χ1v) is 16.9. The first kappa shape index (κ1) is 29.2. The molecule has 0 saturated carbocycles. The molecule has 9 aromatic rings. The lowest BCUT2D eigenvalue weighted by Crippen LogP contribution is -2.17. The second kappa shape index (κ2) is 11.1. The Hall–Kier alpha value is -6.73. The van der Waals surface area contributed by atoms with Crippen LogP contribution in [-0.4, -0.2) is 24.9 Å². The zero-order valence-corrected chi connectivity index (χ0v) is 27.8. The molecule has 7 nitrogen and oxygen atoms in total. The average Bonchev–Trinajstić information content (AvgIpc) is 3.88. The van der Waals surface area contributed by atoms with Crippen molar-refractivity contribution in [1.29, 1.82) is 0 Å². The number of fused-ring (bicyclic) bond motifs is 5. The maximum Gasteiger partial charge on any atom is 0.227 e. The number of hydrogen-bond donors (Lipinski definition) is 0. The van der Waals surface area contributed by atoms with Crippen molar-refractivity contribution in [2.75, 3.05) is 0 Å². The van der Waals surface area contributed by atoms with Gasteiger partial charge < -0.3 is 8.83 Å². The van der Waals surface area contributed by atoms with Gasteiger partial charge in [0.25, 0.3) is 0 Å². The van der Waals surface area contributed by atoms with Gasteiger partial charge in [-0.15, -0.1) is 0 Å². The Morgan fingerprint density at radius 2 is 0.843 bits per heavy atom. The summed E-state index contributed by atoms with van der Waals surface area (Å²) in [6, 6.07) is 46.7. The van der Waals surface area contributed by atoms with Crippen LogP contribution in [0.25, 0.3) is 90.4 Å². The Morgan fingerprint density at radius 3 is 1.41 bits per heavy atom. The van der Waals surface area contributed by atoms with Gasteiger partial charge in [-0.1, -0.05) is 105 Å². The summed E-state index contributed by atoms with van der Waals surface area (Å²) in [4.78, 5) is 24.7. The van der Waals surface area contributed by atoms with Crippen molar-refractivity contribution in [3.63, 3.8) is 0 Å². The summed E-state index contributed by atoms with van der Waals surface area (Å²) in [7, 11) is 0. The van der Waals surface area contributed by atoms with Crippen LogP contribution in [0.2, 0.25) is 0 Å². The fourth-order valence-corrected chi connectivity index (χ4v) is 7.30. The molecule has 0 amide bonds. The lowest BCUT2D eigenvalue weighted by molar-refractivity contribution is 0.619. The van der Waals surface area contributed by atoms with Crippen molar-refractivity contribution in [2.24, 2.45) is 0 Å². The molecular weight excluding hydrogens is 631 g/mol. The number of aromatic nitrogens is 5. The van der Waals surface area contributed by atoms with Crippen LogP contribution in [0.5, 0.6) is 0 Å². The third-order valence-corrected chi connectivity index (χ3v) is 9.82. The maximum atomic E-state index is 6.04. The van der Waals surface area contributed by atoms with Crippen molar-refractivity contribution in [3.8, 4) is 68.2 Å². The minimum absolute atomic E-state index is 0.238. The monoisotopic (exact) mass is 659 g/mol. The largest absolute Gasteiger partial charge is 0.436 e. The Labute approximate surface area is 293 Å². The number of para-hydroxylation sites is 4. The summed E-state index contributed by atoms with van der Waals surface area (Å²) in [6.45, 7) is 4.56. The fourth-order valence-electron chi connectivity index (χ4n) is 7.30. The van der Waals surface area contributed by atoms with Crippen LogP contribution in [0.4, 0.5) is 0 Å². The van der Waals surface area contributed by atoms with Gasteiger partial charge in [-0.25, -0.2) is 24.9 Å². The van der Waals surface area contributed by atoms with Gasteiger partial charge in [0.1, 0.15) is 11.0 Å². The van der Waals surface area contributed by atoms with Crippen LogP contribution >= 0.6 is 0 Å². The van der Waals surface area contributed by atoms with E-state index in [-0.39, 0.29) is 5.41 Å². The van der Waals surface area contributed by atoms with Gasteiger partial charge in [0, 0.05) is 33.2 Å². The summed E-state index contributed by atoms with van der Waals surface area (Å²) in [6.07, 6.45) is 0. The number of nitrogens with zero attached hydrogens (tertiary/aromatic N) is 5. The summed E-state index contributed by atoms with van der Waals surface area (Å²) in [5.41, 5.74) is 12.4. The molecule has 0 bridgehead atoms. The number of oxazole rings is 2. The Bertz CT molecular complexity index is 2580. The van der Waals surface area contributed by atoms with Gasteiger partial charge in [0.05, 0.1) is 0 Å². The quantitative estimate of drug-likeness (QED) is 0.182. The zero-order chi connectivity index (χ0) is 34.1. The smallest absolute Gasteiger partial charge is 0.227 e. The molecule has 3 aromatic heterocycles. The Morgan fingerprint density at radius 1 is 0.392 bits per heavy atom. The van der Waals surface area contributed by atoms with E-state index in [0.29, 0.717) is 29.3 Å². The highest BCUT2D eigenvalue weighted by molar-refractivity contribution is 5.87. The molecule has 0 unspecified atom stereocenters. The van der Waals surface area contributed by atoms with Crippen LogP contribution in [0.1, 0.15) is 25.0 Å². The summed E-state index contributed by atoms with van der Waals surface area (Å²) < 4.78 is 12.1. The number of hydrogen-bond acceptors (Lipinski definition) is 7. The molecule has 7 heteroatoms. The topological polar surface area (TPSA) is 90.7 Å². The van der Waals surface area contributed by atoms with Crippen molar-refractivity contribution in [1.82, 2.24) is 24.9 Å². The third kappa shape index (κ3) is 4.77. The van der Waals surface area contributed by atoms with E-state index < -0.39 is 0 Å². The van der Waals surface area contributed by atoms with Crippen LogP contribution < -0.4 is 0 Å². The van der Waals surface area contributed by atoms with Gasteiger partial charge >= 0.3 is 0 Å². The van der Waals surface area contributed by atoms with Crippen LogP contribution in [0, 0.1) is 0 Å². The van der Waals surface area contributed by atoms with E-state index in [1.165, 1.54) is 22.3 Å². The lowest BCUT2D eigenvalue weighted by Gasteiger charge is -2.24. The minimum Gasteiger partial charge on any atom is -0.436 e. The first-order valence-electron chi connectivity index (χ1n) is 16.9. The molecule has 242 valence electrons. The molecule has 0 atom stereocenters. The third-order valence-electron chi connectivity index (χ3n) is 9.82. The first-order chi connectivity index (χ1) is 25.0. The van der Waals surface area contributed by atoms with E-state index in [2.05, 4.69) is 66.3 Å². The summed E-state index contributed by atoms with van der Waals surface area (Å²) >= 11 is 0.